The number of hydrogen-bond donors (Lipinski definition) is 1. The standard InChI is InChI=1S/C19H19ClN2O4/c1-12-3-5-15(8-16(12)20)21-19(24)10-22(13(2)23)9-14-4-6-17-18(7-14)26-11-25-17/h3-8H,9-11H2,1-2H3,(H,21,24). The molecule has 0 aliphatic carbocycles. The maximum absolute atomic E-state index is 12.3. The molecule has 0 atom stereocenters. The predicted molar refractivity (Wildman–Crippen MR) is 98.5 cm³/mol. The number of rotatable bonds is 5. The van der Waals surface area contributed by atoms with Gasteiger partial charge in [0, 0.05) is 24.2 Å². The van der Waals surface area contributed by atoms with E-state index in [0.29, 0.717) is 28.8 Å². The Labute approximate surface area is 156 Å². The number of benzene rings is 2. The van der Waals surface area contributed by atoms with E-state index >= 15 is 0 Å². The van der Waals surface area contributed by atoms with Crippen molar-refractivity contribution in [3.8, 4) is 11.5 Å². The van der Waals surface area contributed by atoms with E-state index in [0.717, 1.165) is 11.1 Å². The van der Waals surface area contributed by atoms with E-state index in [1.54, 1.807) is 18.2 Å². The molecule has 0 fully saturated rings. The Hall–Kier alpha value is -2.73. The number of anilines is 1. The molecule has 7 heteroatoms. The summed E-state index contributed by atoms with van der Waals surface area (Å²) in [6.07, 6.45) is 0. The summed E-state index contributed by atoms with van der Waals surface area (Å²) in [7, 11) is 0. The minimum absolute atomic E-state index is 0.0602. The number of fused-ring (bicyclic) bond motifs is 1. The van der Waals surface area contributed by atoms with Crippen molar-refractivity contribution in [1.29, 1.82) is 0 Å². The normalized spacial score (nSPS) is 12.0. The summed E-state index contributed by atoms with van der Waals surface area (Å²) in [5.41, 5.74) is 2.38. The zero-order valence-electron chi connectivity index (χ0n) is 14.5. The Kier molecular flexibility index (Phi) is 5.32. The van der Waals surface area contributed by atoms with E-state index in [1.165, 1.54) is 11.8 Å². The van der Waals surface area contributed by atoms with Crippen LogP contribution in [0.3, 0.4) is 0 Å². The highest BCUT2D eigenvalue weighted by atomic mass is 35.5. The van der Waals surface area contributed by atoms with E-state index in [9.17, 15) is 9.59 Å². The number of nitrogens with one attached hydrogen (secondary N) is 1. The fourth-order valence-corrected chi connectivity index (χ4v) is 2.76. The molecule has 2 amide bonds. The molecule has 136 valence electrons. The average molecular weight is 375 g/mol. The Morgan fingerprint density at radius 3 is 2.65 bits per heavy atom. The van der Waals surface area contributed by atoms with Crippen LogP contribution >= 0.6 is 11.6 Å². The summed E-state index contributed by atoms with van der Waals surface area (Å²) in [6, 6.07) is 10.7. The summed E-state index contributed by atoms with van der Waals surface area (Å²) < 4.78 is 10.6. The quantitative estimate of drug-likeness (QED) is 0.871. The van der Waals surface area contributed by atoms with Crippen LogP contribution in [0.25, 0.3) is 0 Å². The van der Waals surface area contributed by atoms with Gasteiger partial charge in [-0.05, 0) is 42.3 Å². The molecule has 2 aromatic carbocycles. The van der Waals surface area contributed by atoms with Crippen LogP contribution in [0.15, 0.2) is 36.4 Å². The largest absolute Gasteiger partial charge is 0.454 e. The maximum Gasteiger partial charge on any atom is 0.244 e. The molecule has 0 saturated heterocycles. The molecule has 1 aliphatic rings. The van der Waals surface area contributed by atoms with Crippen molar-refractivity contribution in [2.24, 2.45) is 0 Å². The van der Waals surface area contributed by atoms with Crippen LogP contribution < -0.4 is 14.8 Å². The van der Waals surface area contributed by atoms with Gasteiger partial charge in [-0.1, -0.05) is 23.7 Å². The van der Waals surface area contributed by atoms with Crippen molar-refractivity contribution in [3.05, 3.63) is 52.5 Å². The number of ether oxygens (including phenoxy) is 2. The number of carbonyl (C=O) groups is 2. The lowest BCUT2D eigenvalue weighted by atomic mass is 10.2. The highest BCUT2D eigenvalue weighted by Crippen LogP contribution is 2.32. The monoisotopic (exact) mass is 374 g/mol. The molecule has 0 spiro atoms. The topological polar surface area (TPSA) is 67.9 Å². The molecule has 0 bridgehead atoms. The summed E-state index contributed by atoms with van der Waals surface area (Å²) >= 11 is 6.07. The minimum Gasteiger partial charge on any atom is -0.454 e. The van der Waals surface area contributed by atoms with E-state index in [1.807, 2.05) is 25.1 Å². The van der Waals surface area contributed by atoms with Gasteiger partial charge >= 0.3 is 0 Å². The summed E-state index contributed by atoms with van der Waals surface area (Å²) in [5.74, 6) is 0.836. The highest BCUT2D eigenvalue weighted by molar-refractivity contribution is 6.31. The molecule has 3 rings (SSSR count). The third-order valence-corrected chi connectivity index (χ3v) is 4.45. The van der Waals surface area contributed by atoms with Gasteiger partial charge < -0.3 is 19.7 Å². The van der Waals surface area contributed by atoms with Crippen molar-refractivity contribution in [1.82, 2.24) is 4.90 Å². The van der Waals surface area contributed by atoms with Crippen LogP contribution in [-0.4, -0.2) is 30.1 Å². The third kappa shape index (κ3) is 4.26. The Morgan fingerprint density at radius 2 is 1.92 bits per heavy atom. The van der Waals surface area contributed by atoms with Crippen LogP contribution in [0.2, 0.25) is 5.02 Å². The number of aryl methyl sites for hydroxylation is 1. The number of amides is 2. The smallest absolute Gasteiger partial charge is 0.244 e. The molecule has 6 nitrogen and oxygen atoms in total. The lowest BCUT2D eigenvalue weighted by Crippen LogP contribution is -2.36. The second-order valence-corrected chi connectivity index (χ2v) is 6.48. The first-order valence-corrected chi connectivity index (χ1v) is 8.50. The molecule has 0 aromatic heterocycles. The third-order valence-electron chi connectivity index (χ3n) is 4.05. The van der Waals surface area contributed by atoms with Crippen molar-refractivity contribution in [3.63, 3.8) is 0 Å². The molecule has 0 saturated carbocycles. The van der Waals surface area contributed by atoms with Crippen LogP contribution in [0.1, 0.15) is 18.1 Å². The van der Waals surface area contributed by atoms with E-state index in [4.69, 9.17) is 21.1 Å². The molecule has 2 aromatic rings. The van der Waals surface area contributed by atoms with Gasteiger partial charge in [-0.15, -0.1) is 0 Å². The highest BCUT2D eigenvalue weighted by Gasteiger charge is 2.18. The second-order valence-electron chi connectivity index (χ2n) is 6.07. The number of halogens is 1. The molecule has 1 N–H and O–H groups in total. The Balaban J connectivity index is 1.65. The fourth-order valence-electron chi connectivity index (χ4n) is 2.58. The number of hydrogen-bond acceptors (Lipinski definition) is 4. The fraction of sp³-hybridized carbons (Fsp3) is 0.263. The Morgan fingerprint density at radius 1 is 1.15 bits per heavy atom. The molecule has 1 heterocycles. The molecular weight excluding hydrogens is 356 g/mol. The lowest BCUT2D eigenvalue weighted by molar-refractivity contribution is -0.133. The Bertz CT molecular complexity index is 853. The minimum atomic E-state index is -0.291. The summed E-state index contributed by atoms with van der Waals surface area (Å²) in [5, 5.41) is 3.34. The average Bonchev–Trinajstić information content (AvgIpc) is 3.05. The van der Waals surface area contributed by atoms with Crippen molar-refractivity contribution in [2.45, 2.75) is 20.4 Å². The SMILES string of the molecule is CC(=O)N(CC(=O)Nc1ccc(C)c(Cl)c1)Cc1ccc2c(c1)OCO2. The summed E-state index contributed by atoms with van der Waals surface area (Å²) in [6.45, 7) is 3.75. The zero-order valence-corrected chi connectivity index (χ0v) is 15.3. The van der Waals surface area contributed by atoms with E-state index in [-0.39, 0.29) is 25.2 Å². The van der Waals surface area contributed by atoms with Gasteiger partial charge in [0.15, 0.2) is 11.5 Å². The van der Waals surface area contributed by atoms with Gasteiger partial charge in [0.25, 0.3) is 0 Å². The number of nitrogens with zero attached hydrogens (tertiary/aromatic N) is 1. The van der Waals surface area contributed by atoms with Crippen molar-refractivity contribution >= 4 is 29.1 Å². The molecule has 0 radical (unpaired) electrons. The van der Waals surface area contributed by atoms with Gasteiger partial charge in [0.05, 0.1) is 0 Å². The zero-order chi connectivity index (χ0) is 18.7. The second kappa shape index (κ2) is 7.66. The van der Waals surface area contributed by atoms with Gasteiger partial charge in [-0.25, -0.2) is 0 Å². The molecule has 0 unspecified atom stereocenters. The first kappa shape index (κ1) is 18.1. The van der Waals surface area contributed by atoms with Gasteiger partial charge in [-0.3, -0.25) is 9.59 Å². The van der Waals surface area contributed by atoms with E-state index < -0.39 is 0 Å². The lowest BCUT2D eigenvalue weighted by Gasteiger charge is -2.21. The van der Waals surface area contributed by atoms with Crippen LogP contribution in [0.4, 0.5) is 5.69 Å². The molecular formula is C19H19ClN2O4. The van der Waals surface area contributed by atoms with Crippen LogP contribution in [0.5, 0.6) is 11.5 Å². The molecule has 1 aliphatic heterocycles. The maximum atomic E-state index is 12.3. The van der Waals surface area contributed by atoms with Crippen LogP contribution in [0, 0.1) is 6.92 Å². The first-order valence-electron chi connectivity index (χ1n) is 8.12. The van der Waals surface area contributed by atoms with E-state index in [2.05, 4.69) is 5.32 Å². The molecule has 26 heavy (non-hydrogen) atoms. The first-order chi connectivity index (χ1) is 12.4. The van der Waals surface area contributed by atoms with Crippen molar-refractivity contribution < 1.29 is 19.1 Å². The van der Waals surface area contributed by atoms with Gasteiger partial charge in [0.2, 0.25) is 18.6 Å². The number of carbonyl (C=O) groups excluding carboxylic acids is 2. The van der Waals surface area contributed by atoms with Crippen molar-refractivity contribution in [2.75, 3.05) is 18.7 Å². The van der Waals surface area contributed by atoms with Gasteiger partial charge in [-0.2, -0.15) is 0 Å². The van der Waals surface area contributed by atoms with Crippen LogP contribution in [-0.2, 0) is 16.1 Å². The van der Waals surface area contributed by atoms with Gasteiger partial charge in [0.1, 0.15) is 6.54 Å². The predicted octanol–water partition coefficient (Wildman–Crippen LogP) is 3.36. The summed E-state index contributed by atoms with van der Waals surface area (Å²) in [4.78, 5) is 25.7.